The zero-order chi connectivity index (χ0) is 27.1. The Morgan fingerprint density at radius 3 is 2.39 bits per heavy atom. The van der Waals surface area contributed by atoms with E-state index in [1.807, 2.05) is 45.0 Å². The van der Waals surface area contributed by atoms with Crippen LogP contribution in [0.15, 0.2) is 60.8 Å². The molecule has 38 heavy (non-hydrogen) atoms. The van der Waals surface area contributed by atoms with Gasteiger partial charge >= 0.3 is 0 Å². The molecule has 0 spiro atoms. The normalized spacial score (nSPS) is 16.4. The van der Waals surface area contributed by atoms with Crippen molar-refractivity contribution in [2.45, 2.75) is 45.6 Å². The number of amides is 1. The number of aryl methyl sites for hydroxylation is 2. The van der Waals surface area contributed by atoms with E-state index >= 15 is 0 Å². The van der Waals surface area contributed by atoms with E-state index < -0.39 is 23.0 Å². The molecule has 1 fully saturated rings. The monoisotopic (exact) mass is 521 g/mol. The van der Waals surface area contributed by atoms with E-state index in [4.69, 9.17) is 14.2 Å². The molecule has 1 aliphatic rings. The van der Waals surface area contributed by atoms with Crippen LogP contribution in [0.1, 0.15) is 46.7 Å². The minimum atomic E-state index is -0.926. The summed E-state index contributed by atoms with van der Waals surface area (Å²) in [4.78, 5) is 18.4. The van der Waals surface area contributed by atoms with Crippen molar-refractivity contribution < 1.29 is 27.8 Å². The van der Waals surface area contributed by atoms with Crippen molar-refractivity contribution in [3.8, 4) is 5.75 Å². The Labute approximate surface area is 219 Å². The van der Waals surface area contributed by atoms with Crippen LogP contribution in [-0.2, 0) is 21.6 Å². The van der Waals surface area contributed by atoms with Gasteiger partial charge in [-0.1, -0.05) is 30.3 Å². The molecule has 0 saturated carbocycles. The van der Waals surface area contributed by atoms with Gasteiger partial charge in [0.1, 0.15) is 29.5 Å². The SMILES string of the molecule is Cc1ccccc1C1(NC(=O)c2c(C)nc3c(OCc4c(F)cccc4F)cccn23)COC(C)(C)OC1. The van der Waals surface area contributed by atoms with Crippen LogP contribution in [0, 0.1) is 25.5 Å². The van der Waals surface area contributed by atoms with Crippen LogP contribution in [0.2, 0.25) is 0 Å². The van der Waals surface area contributed by atoms with Gasteiger partial charge in [-0.25, -0.2) is 13.8 Å². The third-order valence-corrected chi connectivity index (χ3v) is 6.78. The Bertz CT molecular complexity index is 1480. The van der Waals surface area contributed by atoms with Gasteiger partial charge < -0.3 is 19.5 Å². The molecule has 198 valence electrons. The molecular weight excluding hydrogens is 492 g/mol. The van der Waals surface area contributed by atoms with Crippen LogP contribution in [0.25, 0.3) is 5.65 Å². The summed E-state index contributed by atoms with van der Waals surface area (Å²) < 4.78 is 47.6. The molecule has 2 aromatic heterocycles. The van der Waals surface area contributed by atoms with Gasteiger partial charge in [0.15, 0.2) is 17.2 Å². The first-order valence-electron chi connectivity index (χ1n) is 12.3. The maximum Gasteiger partial charge on any atom is 0.271 e. The number of imidazole rings is 1. The number of halogens is 2. The van der Waals surface area contributed by atoms with Crippen molar-refractivity contribution in [2.75, 3.05) is 13.2 Å². The Hall–Kier alpha value is -3.82. The number of hydrogen-bond acceptors (Lipinski definition) is 5. The Kier molecular flexibility index (Phi) is 6.66. The second-order valence-corrected chi connectivity index (χ2v) is 9.93. The summed E-state index contributed by atoms with van der Waals surface area (Å²) in [6.07, 6.45) is 1.69. The lowest BCUT2D eigenvalue weighted by molar-refractivity contribution is -0.272. The number of fused-ring (bicyclic) bond motifs is 1. The number of rotatable bonds is 6. The standard InChI is InChI=1S/C29H29F2N3O4/c1-18-9-5-6-10-21(18)29(16-37-28(3,4)38-17-29)33-27(35)25-19(2)32-26-24(13-8-14-34(25)26)36-15-20-22(30)11-7-12-23(20)31/h5-14H,15-17H2,1-4H3,(H,33,35). The van der Waals surface area contributed by atoms with Crippen LogP contribution >= 0.6 is 0 Å². The predicted octanol–water partition coefficient (Wildman–Crippen LogP) is 5.22. The number of aromatic nitrogens is 2. The molecule has 2 aromatic carbocycles. The average Bonchev–Trinajstić information content (AvgIpc) is 3.22. The van der Waals surface area contributed by atoms with E-state index in [9.17, 15) is 13.6 Å². The van der Waals surface area contributed by atoms with Gasteiger partial charge in [0, 0.05) is 6.20 Å². The lowest BCUT2D eigenvalue weighted by Crippen LogP contribution is -2.59. The minimum absolute atomic E-state index is 0.184. The summed E-state index contributed by atoms with van der Waals surface area (Å²) in [6.45, 7) is 7.47. The van der Waals surface area contributed by atoms with Crippen molar-refractivity contribution in [1.82, 2.24) is 14.7 Å². The molecule has 1 aliphatic heterocycles. The Morgan fingerprint density at radius 1 is 1.03 bits per heavy atom. The third kappa shape index (κ3) is 4.75. The van der Waals surface area contributed by atoms with E-state index in [1.165, 1.54) is 18.2 Å². The van der Waals surface area contributed by atoms with Gasteiger partial charge in [0.25, 0.3) is 5.91 Å². The van der Waals surface area contributed by atoms with E-state index in [0.717, 1.165) is 11.1 Å². The van der Waals surface area contributed by atoms with E-state index in [1.54, 1.807) is 29.7 Å². The van der Waals surface area contributed by atoms with Crippen LogP contribution in [0.4, 0.5) is 8.78 Å². The molecule has 0 bridgehead atoms. The molecule has 7 nitrogen and oxygen atoms in total. The molecule has 3 heterocycles. The van der Waals surface area contributed by atoms with Gasteiger partial charge in [-0.15, -0.1) is 0 Å². The van der Waals surface area contributed by atoms with Crippen molar-refractivity contribution >= 4 is 11.6 Å². The number of ether oxygens (including phenoxy) is 3. The van der Waals surface area contributed by atoms with E-state index in [0.29, 0.717) is 17.0 Å². The maximum atomic E-state index is 14.1. The fraction of sp³-hybridized carbons (Fsp3) is 0.310. The second-order valence-electron chi connectivity index (χ2n) is 9.93. The summed E-state index contributed by atoms with van der Waals surface area (Å²) in [6, 6.07) is 14.8. The summed E-state index contributed by atoms with van der Waals surface area (Å²) in [7, 11) is 0. The Morgan fingerprint density at radius 2 is 1.71 bits per heavy atom. The fourth-order valence-electron chi connectivity index (χ4n) is 4.72. The van der Waals surface area contributed by atoms with Gasteiger partial charge in [-0.2, -0.15) is 0 Å². The second kappa shape index (κ2) is 9.81. The van der Waals surface area contributed by atoms with Gasteiger partial charge in [-0.05, 0) is 63.1 Å². The lowest BCUT2D eigenvalue weighted by atomic mass is 9.87. The molecule has 0 unspecified atom stereocenters. The minimum Gasteiger partial charge on any atom is -0.485 e. The number of carbonyl (C=O) groups is 1. The molecule has 0 radical (unpaired) electrons. The van der Waals surface area contributed by atoms with Crippen LogP contribution < -0.4 is 10.1 Å². The first kappa shape index (κ1) is 25.8. The fourth-order valence-corrected chi connectivity index (χ4v) is 4.72. The summed E-state index contributed by atoms with van der Waals surface area (Å²) in [5, 5.41) is 3.17. The molecule has 0 aliphatic carbocycles. The first-order chi connectivity index (χ1) is 18.1. The molecule has 1 N–H and O–H groups in total. The summed E-state index contributed by atoms with van der Waals surface area (Å²) in [5.41, 5.74) is 1.90. The highest BCUT2D eigenvalue weighted by Crippen LogP contribution is 2.34. The number of nitrogens with one attached hydrogen (secondary N) is 1. The third-order valence-electron chi connectivity index (χ3n) is 6.78. The molecule has 9 heteroatoms. The zero-order valence-corrected chi connectivity index (χ0v) is 21.7. The quantitative estimate of drug-likeness (QED) is 0.377. The molecule has 0 atom stereocenters. The average molecular weight is 522 g/mol. The molecule has 1 amide bonds. The number of pyridine rings is 1. The number of carbonyl (C=O) groups excluding carboxylic acids is 1. The first-order valence-corrected chi connectivity index (χ1v) is 12.3. The van der Waals surface area contributed by atoms with Gasteiger partial charge in [0.2, 0.25) is 0 Å². The van der Waals surface area contributed by atoms with Crippen LogP contribution in [-0.4, -0.2) is 34.3 Å². The van der Waals surface area contributed by atoms with Crippen molar-refractivity contribution in [2.24, 2.45) is 0 Å². The zero-order valence-electron chi connectivity index (χ0n) is 21.7. The largest absolute Gasteiger partial charge is 0.485 e. The number of nitrogens with zero attached hydrogens (tertiary/aromatic N) is 2. The van der Waals surface area contributed by atoms with Gasteiger partial charge in [-0.3, -0.25) is 9.20 Å². The predicted molar refractivity (Wildman–Crippen MR) is 137 cm³/mol. The Balaban J connectivity index is 1.48. The molecule has 4 aromatic rings. The summed E-state index contributed by atoms with van der Waals surface area (Å²) >= 11 is 0. The molecule has 1 saturated heterocycles. The van der Waals surface area contributed by atoms with E-state index in [-0.39, 0.29) is 37.0 Å². The number of benzene rings is 2. The highest BCUT2D eigenvalue weighted by molar-refractivity contribution is 5.95. The van der Waals surface area contributed by atoms with Crippen molar-refractivity contribution in [3.63, 3.8) is 0 Å². The van der Waals surface area contributed by atoms with Gasteiger partial charge in [0.05, 0.1) is 24.5 Å². The summed E-state index contributed by atoms with van der Waals surface area (Å²) in [5.74, 6) is -2.25. The smallest absolute Gasteiger partial charge is 0.271 e. The van der Waals surface area contributed by atoms with Crippen LogP contribution in [0.5, 0.6) is 5.75 Å². The molecular formula is C29H29F2N3O4. The lowest BCUT2D eigenvalue weighted by Gasteiger charge is -2.44. The number of hydrogen-bond donors (Lipinski definition) is 1. The van der Waals surface area contributed by atoms with Crippen LogP contribution in [0.3, 0.4) is 0 Å². The van der Waals surface area contributed by atoms with E-state index in [2.05, 4.69) is 10.3 Å². The molecule has 5 rings (SSSR count). The topological polar surface area (TPSA) is 74.1 Å². The highest BCUT2D eigenvalue weighted by Gasteiger charge is 2.44. The van der Waals surface area contributed by atoms with Crippen molar-refractivity contribution in [3.05, 3.63) is 101 Å². The maximum absolute atomic E-state index is 14.1. The van der Waals surface area contributed by atoms with Crippen molar-refractivity contribution in [1.29, 1.82) is 0 Å². The highest BCUT2D eigenvalue weighted by atomic mass is 19.1.